The third-order valence-corrected chi connectivity index (χ3v) is 5.73. The first-order valence-corrected chi connectivity index (χ1v) is 9.19. The molecule has 2 fully saturated rings. The number of amides is 1. The van der Waals surface area contributed by atoms with Gasteiger partial charge in [-0.2, -0.15) is 0 Å². The fourth-order valence-corrected chi connectivity index (χ4v) is 4.32. The molecule has 1 N–H and O–H groups in total. The predicted octanol–water partition coefficient (Wildman–Crippen LogP) is 2.88. The fraction of sp³-hybridized carbons (Fsp3) is 0.500. The van der Waals surface area contributed by atoms with Gasteiger partial charge in [-0.1, -0.05) is 13.0 Å². The highest BCUT2D eigenvalue weighted by Crippen LogP contribution is 2.43. The Balaban J connectivity index is 1.45. The average molecular weight is 339 g/mol. The fourth-order valence-electron chi connectivity index (χ4n) is 4.32. The van der Waals surface area contributed by atoms with Crippen molar-refractivity contribution in [1.29, 1.82) is 0 Å². The largest absolute Gasteiger partial charge is 0.465 e. The molecule has 4 rings (SSSR count). The Morgan fingerprint density at radius 2 is 2.08 bits per heavy atom. The van der Waals surface area contributed by atoms with Crippen molar-refractivity contribution in [3.8, 4) is 0 Å². The Bertz CT molecular complexity index is 732. The molecule has 0 aromatic carbocycles. The first kappa shape index (κ1) is 16.3. The number of carbonyl (C=O) groups is 1. The van der Waals surface area contributed by atoms with E-state index >= 15 is 0 Å². The molecule has 2 aromatic rings. The number of pyridine rings is 1. The Hall–Kier alpha value is -2.14. The number of rotatable bonds is 4. The molecule has 2 saturated heterocycles. The number of nitrogens with zero attached hydrogens (tertiary/aromatic N) is 2. The molecule has 5 heteroatoms. The van der Waals surface area contributed by atoms with E-state index in [0.29, 0.717) is 6.42 Å². The molecule has 0 bridgehead atoms. The van der Waals surface area contributed by atoms with E-state index in [4.69, 9.17) is 4.42 Å². The van der Waals surface area contributed by atoms with Crippen LogP contribution in [-0.4, -0.2) is 34.4 Å². The molecule has 0 radical (unpaired) electrons. The second kappa shape index (κ2) is 6.64. The van der Waals surface area contributed by atoms with Crippen molar-refractivity contribution >= 4 is 5.91 Å². The maximum atomic E-state index is 12.1. The maximum absolute atomic E-state index is 12.1. The summed E-state index contributed by atoms with van der Waals surface area (Å²) in [6.45, 7) is 4.90. The maximum Gasteiger partial charge on any atom is 0.221 e. The zero-order valence-electron chi connectivity index (χ0n) is 14.7. The molecule has 2 aromatic heterocycles. The number of piperidine rings is 1. The highest BCUT2D eigenvalue weighted by Gasteiger charge is 2.48. The predicted molar refractivity (Wildman–Crippen MR) is 95.1 cm³/mol. The molecule has 1 spiro atoms. The summed E-state index contributed by atoms with van der Waals surface area (Å²) in [7, 11) is 0. The van der Waals surface area contributed by atoms with Gasteiger partial charge in [-0.15, -0.1) is 0 Å². The molecule has 132 valence electrons. The summed E-state index contributed by atoms with van der Waals surface area (Å²) in [6, 6.07) is 8.21. The van der Waals surface area contributed by atoms with E-state index in [9.17, 15) is 4.79 Å². The second-order valence-corrected chi connectivity index (χ2v) is 7.25. The van der Waals surface area contributed by atoms with Crippen LogP contribution in [0.5, 0.6) is 0 Å². The number of hydrogen-bond acceptors (Lipinski definition) is 4. The van der Waals surface area contributed by atoms with Gasteiger partial charge in [0.1, 0.15) is 11.5 Å². The number of furan rings is 1. The molecule has 2 aliphatic rings. The molecule has 2 aliphatic heterocycles. The van der Waals surface area contributed by atoms with Gasteiger partial charge in [-0.25, -0.2) is 0 Å². The first-order valence-electron chi connectivity index (χ1n) is 9.19. The van der Waals surface area contributed by atoms with Crippen molar-refractivity contribution in [2.75, 3.05) is 13.1 Å². The normalized spacial score (nSPS) is 23.1. The molecule has 5 nitrogen and oxygen atoms in total. The van der Waals surface area contributed by atoms with Crippen LogP contribution in [0, 0.1) is 0 Å². The smallest absolute Gasteiger partial charge is 0.221 e. The molecule has 0 unspecified atom stereocenters. The number of carbonyl (C=O) groups excluding carboxylic acids is 1. The quantitative estimate of drug-likeness (QED) is 0.930. The summed E-state index contributed by atoms with van der Waals surface area (Å²) >= 11 is 0. The highest BCUT2D eigenvalue weighted by atomic mass is 16.3. The van der Waals surface area contributed by atoms with E-state index in [-0.39, 0.29) is 17.4 Å². The standard InChI is InChI=1S/C20H25N3O2/c1-2-16-5-6-17(25-16)14-23-10-7-20(8-11-23)18(12-19(24)22-20)15-4-3-9-21-13-15/h3-6,9,13,18H,2,7-8,10-12,14H2,1H3,(H,22,24)/t18-/m1/s1. The van der Waals surface area contributed by atoms with Crippen molar-refractivity contribution in [3.63, 3.8) is 0 Å². The van der Waals surface area contributed by atoms with Crippen LogP contribution in [0.15, 0.2) is 41.1 Å². The topological polar surface area (TPSA) is 58.4 Å². The Labute approximate surface area is 148 Å². The van der Waals surface area contributed by atoms with E-state index in [2.05, 4.69) is 40.3 Å². The minimum atomic E-state index is -0.117. The summed E-state index contributed by atoms with van der Waals surface area (Å²) in [5.41, 5.74) is 1.06. The third-order valence-electron chi connectivity index (χ3n) is 5.73. The van der Waals surface area contributed by atoms with Crippen molar-refractivity contribution in [2.24, 2.45) is 0 Å². The second-order valence-electron chi connectivity index (χ2n) is 7.25. The molecule has 0 aliphatic carbocycles. The molecule has 4 heterocycles. The molecular formula is C20H25N3O2. The number of aromatic nitrogens is 1. The van der Waals surface area contributed by atoms with Crippen molar-refractivity contribution in [3.05, 3.63) is 53.7 Å². The Morgan fingerprint density at radius 1 is 1.28 bits per heavy atom. The summed E-state index contributed by atoms with van der Waals surface area (Å²) < 4.78 is 5.84. The van der Waals surface area contributed by atoms with Crippen LogP contribution in [0.2, 0.25) is 0 Å². The minimum absolute atomic E-state index is 0.117. The monoisotopic (exact) mass is 339 g/mol. The van der Waals surface area contributed by atoms with Gasteiger partial charge in [0.15, 0.2) is 0 Å². The number of likely N-dealkylation sites (tertiary alicyclic amines) is 1. The van der Waals surface area contributed by atoms with E-state index in [1.807, 2.05) is 12.3 Å². The van der Waals surface area contributed by atoms with Crippen LogP contribution in [-0.2, 0) is 17.8 Å². The van der Waals surface area contributed by atoms with Gasteiger partial charge in [0.05, 0.1) is 6.54 Å². The van der Waals surface area contributed by atoms with Crippen LogP contribution < -0.4 is 5.32 Å². The molecular weight excluding hydrogens is 314 g/mol. The van der Waals surface area contributed by atoms with Crippen molar-refractivity contribution < 1.29 is 9.21 Å². The summed E-state index contributed by atoms with van der Waals surface area (Å²) in [4.78, 5) is 18.8. The molecule has 0 saturated carbocycles. The number of hydrogen-bond donors (Lipinski definition) is 1. The first-order chi connectivity index (χ1) is 12.2. The SMILES string of the molecule is CCc1ccc(CN2CCC3(CC2)NC(=O)C[C@@H]3c2cccnc2)o1. The lowest BCUT2D eigenvalue weighted by Gasteiger charge is -2.42. The van der Waals surface area contributed by atoms with Crippen molar-refractivity contribution in [2.45, 2.75) is 50.6 Å². The number of aryl methyl sites for hydroxylation is 1. The zero-order chi connectivity index (χ0) is 17.3. The van der Waals surface area contributed by atoms with E-state index in [0.717, 1.165) is 50.4 Å². The van der Waals surface area contributed by atoms with Crippen molar-refractivity contribution in [1.82, 2.24) is 15.2 Å². The lowest BCUT2D eigenvalue weighted by Crippen LogP contribution is -2.53. The van der Waals surface area contributed by atoms with E-state index in [1.54, 1.807) is 6.20 Å². The average Bonchev–Trinajstić information content (AvgIpc) is 3.22. The lowest BCUT2D eigenvalue weighted by molar-refractivity contribution is -0.120. The highest BCUT2D eigenvalue weighted by molar-refractivity contribution is 5.81. The van der Waals surface area contributed by atoms with Crippen LogP contribution in [0.1, 0.15) is 49.2 Å². The number of nitrogens with one attached hydrogen (secondary N) is 1. The molecule has 1 atom stereocenters. The van der Waals surface area contributed by atoms with Gasteiger partial charge in [0.2, 0.25) is 5.91 Å². The van der Waals surface area contributed by atoms with Gasteiger partial charge < -0.3 is 9.73 Å². The van der Waals surface area contributed by atoms with Gasteiger partial charge in [-0.3, -0.25) is 14.7 Å². The minimum Gasteiger partial charge on any atom is -0.465 e. The molecule has 1 amide bonds. The van der Waals surface area contributed by atoms with E-state index in [1.165, 1.54) is 5.56 Å². The van der Waals surface area contributed by atoms with Gasteiger partial charge in [0, 0.05) is 49.8 Å². The zero-order valence-corrected chi connectivity index (χ0v) is 14.7. The Kier molecular flexibility index (Phi) is 4.34. The lowest BCUT2D eigenvalue weighted by atomic mass is 9.75. The Morgan fingerprint density at radius 3 is 2.76 bits per heavy atom. The van der Waals surface area contributed by atoms with Gasteiger partial charge in [0.25, 0.3) is 0 Å². The summed E-state index contributed by atoms with van der Waals surface area (Å²) in [6.07, 6.45) is 7.15. The van der Waals surface area contributed by atoms with Gasteiger partial charge in [-0.05, 0) is 36.6 Å². The molecule has 25 heavy (non-hydrogen) atoms. The van der Waals surface area contributed by atoms with Crippen LogP contribution in [0.25, 0.3) is 0 Å². The van der Waals surface area contributed by atoms with Gasteiger partial charge >= 0.3 is 0 Å². The van der Waals surface area contributed by atoms with Crippen LogP contribution >= 0.6 is 0 Å². The van der Waals surface area contributed by atoms with Crippen LogP contribution in [0.3, 0.4) is 0 Å². The third kappa shape index (κ3) is 3.21. The van der Waals surface area contributed by atoms with E-state index < -0.39 is 0 Å². The summed E-state index contributed by atoms with van der Waals surface area (Å²) in [5, 5.41) is 3.30. The van der Waals surface area contributed by atoms with Crippen LogP contribution in [0.4, 0.5) is 0 Å². The summed E-state index contributed by atoms with van der Waals surface area (Å²) in [5.74, 6) is 2.47.